The van der Waals surface area contributed by atoms with Crippen molar-refractivity contribution in [3.63, 3.8) is 0 Å². The quantitative estimate of drug-likeness (QED) is 0.783. The van der Waals surface area contributed by atoms with Gasteiger partial charge in [0.15, 0.2) is 0 Å². The summed E-state index contributed by atoms with van der Waals surface area (Å²) in [5.74, 6) is -0.582. The maximum absolute atomic E-state index is 13.1. The van der Waals surface area contributed by atoms with Gasteiger partial charge in [0.25, 0.3) is 5.91 Å². The molecule has 0 atom stereocenters. The fraction of sp³-hybridized carbons (Fsp3) is 0.300. The third-order valence-electron chi connectivity index (χ3n) is 4.65. The lowest BCUT2D eigenvalue weighted by molar-refractivity contribution is -0.274. The summed E-state index contributed by atoms with van der Waals surface area (Å²) in [7, 11) is 0. The molecule has 1 fully saturated rings. The van der Waals surface area contributed by atoms with Crippen molar-refractivity contribution < 1.29 is 27.4 Å². The largest absolute Gasteiger partial charge is 0.573 e. The van der Waals surface area contributed by atoms with Crippen LogP contribution in [0.5, 0.6) is 5.75 Å². The number of benzene rings is 2. The van der Waals surface area contributed by atoms with Crippen molar-refractivity contribution in [2.75, 3.05) is 37.9 Å². The first-order valence-electron chi connectivity index (χ1n) is 9.06. The number of carbonyl (C=O) groups excluding carboxylic acids is 1. The number of rotatable bonds is 4. The van der Waals surface area contributed by atoms with Crippen LogP contribution in [0.4, 0.5) is 24.5 Å². The van der Waals surface area contributed by atoms with Crippen LogP contribution in [0.15, 0.2) is 53.5 Å². The van der Waals surface area contributed by atoms with E-state index in [0.717, 1.165) is 18.8 Å². The Balaban J connectivity index is 1.59. The summed E-state index contributed by atoms with van der Waals surface area (Å²) in [5.41, 5.74) is 2.09. The van der Waals surface area contributed by atoms with Crippen molar-refractivity contribution in [2.45, 2.75) is 6.36 Å². The molecule has 4 rings (SSSR count). The Morgan fingerprint density at radius 2 is 1.72 bits per heavy atom. The third-order valence-corrected chi connectivity index (χ3v) is 4.65. The number of amides is 1. The van der Waals surface area contributed by atoms with E-state index in [0.29, 0.717) is 31.1 Å². The molecule has 1 saturated heterocycles. The highest BCUT2D eigenvalue weighted by Gasteiger charge is 2.35. The number of nitrogens with zero attached hydrogens (tertiary/aromatic N) is 3. The Morgan fingerprint density at radius 3 is 2.41 bits per heavy atom. The van der Waals surface area contributed by atoms with Crippen LogP contribution in [0.2, 0.25) is 0 Å². The fourth-order valence-corrected chi connectivity index (χ4v) is 3.30. The van der Waals surface area contributed by atoms with E-state index in [4.69, 9.17) is 4.74 Å². The summed E-state index contributed by atoms with van der Waals surface area (Å²) >= 11 is 0. The average Bonchev–Trinajstić information content (AvgIpc) is 2.95. The molecule has 2 aromatic carbocycles. The maximum Gasteiger partial charge on any atom is 0.573 e. The number of halogens is 3. The normalized spacial score (nSPS) is 18.9. The van der Waals surface area contributed by atoms with E-state index < -0.39 is 6.36 Å². The molecule has 29 heavy (non-hydrogen) atoms. The number of carbonyl (C=O) groups is 1. The lowest BCUT2D eigenvalue weighted by Gasteiger charge is -2.30. The number of ether oxygens (including phenoxy) is 2. The second-order valence-corrected chi connectivity index (χ2v) is 6.62. The number of alkyl halides is 3. The van der Waals surface area contributed by atoms with Gasteiger partial charge in [0.05, 0.1) is 31.3 Å². The highest BCUT2D eigenvalue weighted by atomic mass is 19.4. The molecule has 2 aromatic rings. The molecule has 152 valence electrons. The summed E-state index contributed by atoms with van der Waals surface area (Å²) in [6.07, 6.45) is -4.76. The molecule has 0 aromatic heterocycles. The van der Waals surface area contributed by atoms with Crippen molar-refractivity contribution in [1.29, 1.82) is 0 Å². The molecule has 2 heterocycles. The van der Waals surface area contributed by atoms with E-state index in [-0.39, 0.29) is 17.4 Å². The van der Waals surface area contributed by atoms with Crippen LogP contribution >= 0.6 is 0 Å². The van der Waals surface area contributed by atoms with E-state index in [9.17, 15) is 18.0 Å². The number of para-hydroxylation sites is 1. The molecule has 0 saturated carbocycles. The van der Waals surface area contributed by atoms with Crippen molar-refractivity contribution in [3.8, 4) is 5.75 Å². The molecule has 6 nitrogen and oxygen atoms in total. The Kier molecular flexibility index (Phi) is 5.25. The van der Waals surface area contributed by atoms with Gasteiger partial charge in [0, 0.05) is 18.7 Å². The predicted molar refractivity (Wildman–Crippen MR) is 101 cm³/mol. The number of morpholine rings is 1. The number of hydrogen-bond acceptors (Lipinski definition) is 5. The zero-order chi connectivity index (χ0) is 20.4. The lowest BCUT2D eigenvalue weighted by atomic mass is 10.1. The summed E-state index contributed by atoms with van der Waals surface area (Å²) < 4.78 is 46.1. The van der Waals surface area contributed by atoms with Gasteiger partial charge < -0.3 is 9.47 Å². The summed E-state index contributed by atoms with van der Waals surface area (Å²) in [4.78, 5) is 21.3. The second-order valence-electron chi connectivity index (χ2n) is 6.62. The molecule has 9 heteroatoms. The fourth-order valence-electron chi connectivity index (χ4n) is 3.30. The molecule has 0 bridgehead atoms. The van der Waals surface area contributed by atoms with Crippen LogP contribution in [0, 0.1) is 0 Å². The van der Waals surface area contributed by atoms with Crippen molar-refractivity contribution in [2.24, 2.45) is 4.99 Å². The van der Waals surface area contributed by atoms with Gasteiger partial charge in [-0.15, -0.1) is 13.2 Å². The van der Waals surface area contributed by atoms with Crippen molar-refractivity contribution in [1.82, 2.24) is 4.90 Å². The standard InChI is InChI=1S/C20H18F3N3O3/c21-20(22,23)29-15-7-5-14(6-8-15)24-18-16-3-1-2-4-17(16)26(19(18)27)13-25-9-11-28-12-10-25/h1-8H,9-13H2. The van der Waals surface area contributed by atoms with Crippen LogP contribution in [0.25, 0.3) is 0 Å². The van der Waals surface area contributed by atoms with E-state index in [1.54, 1.807) is 4.90 Å². The molecule has 2 aliphatic heterocycles. The highest BCUT2D eigenvalue weighted by molar-refractivity contribution is 6.54. The van der Waals surface area contributed by atoms with Gasteiger partial charge in [0.1, 0.15) is 11.5 Å². The SMILES string of the molecule is O=C1C(=Nc2ccc(OC(F)(F)F)cc2)c2ccccc2N1CN1CCOCC1. The van der Waals surface area contributed by atoms with Crippen LogP contribution in [0.1, 0.15) is 5.56 Å². The topological polar surface area (TPSA) is 54.4 Å². The number of hydrogen-bond donors (Lipinski definition) is 0. The first kappa shape index (κ1) is 19.4. The van der Waals surface area contributed by atoms with Gasteiger partial charge >= 0.3 is 6.36 Å². The minimum atomic E-state index is -4.76. The van der Waals surface area contributed by atoms with Gasteiger partial charge in [-0.2, -0.15) is 0 Å². The van der Waals surface area contributed by atoms with E-state index in [2.05, 4.69) is 14.6 Å². The molecule has 0 radical (unpaired) electrons. The molecule has 1 amide bonds. The van der Waals surface area contributed by atoms with E-state index >= 15 is 0 Å². The lowest BCUT2D eigenvalue weighted by Crippen LogP contribution is -2.45. The Bertz CT molecular complexity index is 923. The van der Waals surface area contributed by atoms with Gasteiger partial charge in [-0.25, -0.2) is 4.99 Å². The van der Waals surface area contributed by atoms with Crippen LogP contribution in [0.3, 0.4) is 0 Å². The number of anilines is 1. The monoisotopic (exact) mass is 405 g/mol. The first-order valence-corrected chi connectivity index (χ1v) is 9.06. The zero-order valence-corrected chi connectivity index (χ0v) is 15.4. The van der Waals surface area contributed by atoms with Crippen LogP contribution < -0.4 is 9.64 Å². The van der Waals surface area contributed by atoms with Crippen molar-refractivity contribution in [3.05, 3.63) is 54.1 Å². The smallest absolute Gasteiger partial charge is 0.406 e. The summed E-state index contributed by atoms with van der Waals surface area (Å²) in [6.45, 7) is 3.14. The van der Waals surface area contributed by atoms with Gasteiger partial charge in [-0.05, 0) is 30.3 Å². The molecule has 2 aliphatic rings. The second kappa shape index (κ2) is 7.84. The molecule has 0 spiro atoms. The first-order chi connectivity index (χ1) is 13.9. The van der Waals surface area contributed by atoms with Gasteiger partial charge in [-0.1, -0.05) is 18.2 Å². The predicted octanol–water partition coefficient (Wildman–Crippen LogP) is 3.34. The molecule has 0 unspecified atom stereocenters. The zero-order valence-electron chi connectivity index (χ0n) is 15.4. The highest BCUT2D eigenvalue weighted by Crippen LogP contribution is 2.32. The maximum atomic E-state index is 13.1. The third kappa shape index (κ3) is 4.41. The summed E-state index contributed by atoms with van der Waals surface area (Å²) in [6, 6.07) is 12.4. The molecular weight excluding hydrogens is 387 g/mol. The van der Waals surface area contributed by atoms with E-state index in [1.807, 2.05) is 24.3 Å². The Morgan fingerprint density at radius 1 is 1.03 bits per heavy atom. The molecule has 0 aliphatic carbocycles. The van der Waals surface area contributed by atoms with E-state index in [1.165, 1.54) is 24.3 Å². The Labute approximate surface area is 165 Å². The van der Waals surface area contributed by atoms with Crippen molar-refractivity contribution >= 4 is 23.0 Å². The summed E-state index contributed by atoms with van der Waals surface area (Å²) in [5, 5.41) is 0. The van der Waals surface area contributed by atoms with Crippen LogP contribution in [-0.4, -0.2) is 55.9 Å². The molecule has 0 N–H and O–H groups in total. The average molecular weight is 405 g/mol. The Hall–Kier alpha value is -2.91. The number of fused-ring (bicyclic) bond motifs is 1. The minimum Gasteiger partial charge on any atom is -0.406 e. The number of aliphatic imine (C=N–C) groups is 1. The van der Waals surface area contributed by atoms with Crippen LogP contribution in [-0.2, 0) is 9.53 Å². The van der Waals surface area contributed by atoms with Gasteiger partial charge in [0.2, 0.25) is 0 Å². The van der Waals surface area contributed by atoms with Gasteiger partial charge in [-0.3, -0.25) is 14.6 Å². The molecular formula is C20H18F3N3O3. The minimum absolute atomic E-state index is 0.242.